The first-order valence-corrected chi connectivity index (χ1v) is 9.57. The normalized spacial score (nSPS) is 52.5. The molecule has 24 heavy (non-hydrogen) atoms. The van der Waals surface area contributed by atoms with Crippen LogP contribution in [0.15, 0.2) is 0 Å². The Bertz CT molecular complexity index is 596. The molecule has 2 aliphatic heterocycles. The third-order valence-electron chi connectivity index (χ3n) is 8.02. The van der Waals surface area contributed by atoms with Gasteiger partial charge in [0.25, 0.3) is 0 Å². The quantitative estimate of drug-likeness (QED) is 0.689. The first-order valence-electron chi connectivity index (χ1n) is 9.57. The van der Waals surface area contributed by atoms with Crippen molar-refractivity contribution in [3.05, 3.63) is 0 Å². The van der Waals surface area contributed by atoms with Gasteiger partial charge in [0, 0.05) is 17.8 Å². The van der Waals surface area contributed by atoms with Crippen molar-refractivity contribution in [3.63, 3.8) is 0 Å². The predicted molar refractivity (Wildman–Crippen MR) is 89.3 cm³/mol. The van der Waals surface area contributed by atoms with Crippen LogP contribution in [-0.4, -0.2) is 29.6 Å². The van der Waals surface area contributed by atoms with Gasteiger partial charge in [0.05, 0.1) is 11.5 Å². The van der Waals surface area contributed by atoms with Gasteiger partial charge in [-0.25, -0.2) is 0 Å². The Labute approximate surface area is 144 Å². The smallest absolute Gasteiger partial charge is 0.312 e. The molecule has 4 rings (SSSR count). The van der Waals surface area contributed by atoms with E-state index < -0.39 is 0 Å². The number of hydrogen-bond acceptors (Lipinski definition) is 4. The molecule has 2 heterocycles. The van der Waals surface area contributed by atoms with Crippen LogP contribution in [0, 0.1) is 28.6 Å². The molecule has 134 valence electrons. The fourth-order valence-electron chi connectivity index (χ4n) is 6.87. The van der Waals surface area contributed by atoms with Crippen molar-refractivity contribution in [1.82, 2.24) is 0 Å². The van der Waals surface area contributed by atoms with E-state index in [0.29, 0.717) is 18.1 Å². The average Bonchev–Trinajstić information content (AvgIpc) is 2.93. The fraction of sp³-hybridized carbons (Fsp3) is 0.900. The molecule has 0 aromatic rings. The summed E-state index contributed by atoms with van der Waals surface area (Å²) in [5.41, 5.74) is -0.531. The van der Waals surface area contributed by atoms with Crippen LogP contribution < -0.4 is 0 Å². The minimum absolute atomic E-state index is 0.00720. The van der Waals surface area contributed by atoms with Crippen LogP contribution in [0.4, 0.5) is 0 Å². The van der Waals surface area contributed by atoms with Crippen LogP contribution in [0.5, 0.6) is 0 Å². The molecule has 0 amide bonds. The average molecular weight is 334 g/mol. The summed E-state index contributed by atoms with van der Waals surface area (Å²) in [6.45, 7) is 10.8. The van der Waals surface area contributed by atoms with Gasteiger partial charge in [-0.15, -0.1) is 0 Å². The van der Waals surface area contributed by atoms with Gasteiger partial charge >= 0.3 is 5.97 Å². The van der Waals surface area contributed by atoms with Crippen molar-refractivity contribution in [2.75, 3.05) is 0 Å². The second kappa shape index (κ2) is 4.84. The van der Waals surface area contributed by atoms with Gasteiger partial charge in [-0.1, -0.05) is 27.7 Å². The Morgan fingerprint density at radius 3 is 2.46 bits per heavy atom. The van der Waals surface area contributed by atoms with Crippen molar-refractivity contribution in [2.45, 2.75) is 84.5 Å². The summed E-state index contributed by atoms with van der Waals surface area (Å²) in [4.78, 5) is 24.8. The summed E-state index contributed by atoms with van der Waals surface area (Å²) >= 11 is 0. The number of hydrogen-bond donors (Lipinski definition) is 0. The Morgan fingerprint density at radius 1 is 1.08 bits per heavy atom. The van der Waals surface area contributed by atoms with Gasteiger partial charge < -0.3 is 9.47 Å². The van der Waals surface area contributed by atoms with Crippen molar-refractivity contribution >= 4 is 11.8 Å². The molecule has 4 fully saturated rings. The van der Waals surface area contributed by atoms with Gasteiger partial charge in [0.1, 0.15) is 18.0 Å². The molecule has 0 N–H and O–H groups in total. The van der Waals surface area contributed by atoms with Crippen molar-refractivity contribution in [2.24, 2.45) is 28.6 Å². The molecular formula is C20H30O4. The van der Waals surface area contributed by atoms with Crippen LogP contribution >= 0.6 is 0 Å². The van der Waals surface area contributed by atoms with Crippen LogP contribution in [0.3, 0.4) is 0 Å². The summed E-state index contributed by atoms with van der Waals surface area (Å²) in [7, 11) is 0. The highest BCUT2D eigenvalue weighted by molar-refractivity contribution is 5.85. The highest BCUT2D eigenvalue weighted by Gasteiger charge is 2.70. The molecule has 0 unspecified atom stereocenters. The topological polar surface area (TPSA) is 52.6 Å². The van der Waals surface area contributed by atoms with Gasteiger partial charge in [-0.05, 0) is 43.9 Å². The number of esters is 1. The molecule has 2 saturated heterocycles. The molecule has 0 radical (unpaired) electrons. The second-order valence-corrected chi connectivity index (χ2v) is 9.53. The summed E-state index contributed by atoms with van der Waals surface area (Å²) < 4.78 is 12.4. The largest absolute Gasteiger partial charge is 0.459 e. The maximum atomic E-state index is 12.5. The first kappa shape index (κ1) is 16.6. The van der Waals surface area contributed by atoms with Gasteiger partial charge in [0.2, 0.25) is 0 Å². The lowest BCUT2D eigenvalue weighted by Crippen LogP contribution is -2.60. The number of ketones is 1. The third kappa shape index (κ3) is 1.84. The zero-order valence-corrected chi connectivity index (χ0v) is 15.6. The number of fused-ring (bicyclic) bond motifs is 5. The summed E-state index contributed by atoms with van der Waals surface area (Å²) in [5, 5.41) is 0. The van der Waals surface area contributed by atoms with E-state index >= 15 is 0 Å². The van der Waals surface area contributed by atoms with Crippen LogP contribution in [0.2, 0.25) is 0 Å². The Morgan fingerprint density at radius 2 is 1.79 bits per heavy atom. The summed E-state index contributed by atoms with van der Waals surface area (Å²) in [5.74, 6) is 0.704. The lowest BCUT2D eigenvalue weighted by molar-refractivity contribution is -0.184. The lowest BCUT2D eigenvalue weighted by Gasteiger charge is -2.59. The minimum atomic E-state index is -0.292. The van der Waals surface area contributed by atoms with E-state index in [2.05, 4.69) is 27.7 Å². The van der Waals surface area contributed by atoms with Gasteiger partial charge in [-0.2, -0.15) is 0 Å². The molecule has 0 bridgehead atoms. The highest BCUT2D eigenvalue weighted by atomic mass is 16.6. The van der Waals surface area contributed by atoms with E-state index in [1.54, 1.807) is 0 Å². The maximum Gasteiger partial charge on any atom is 0.312 e. The predicted octanol–water partition coefficient (Wildman–Crippen LogP) is 3.52. The summed E-state index contributed by atoms with van der Waals surface area (Å²) in [6, 6.07) is 0. The van der Waals surface area contributed by atoms with E-state index in [9.17, 15) is 9.59 Å². The van der Waals surface area contributed by atoms with Crippen LogP contribution in [0.1, 0.15) is 66.7 Å². The molecule has 0 spiro atoms. The SMILES string of the molecule is CC[C@@H]1C(=O)O[C@@H]2[C@H]1O[C@]1(C)CC[C@H]3C(C)(C)C(=O)CC[C@]3(C)[C@@H]21. The van der Waals surface area contributed by atoms with Crippen molar-refractivity contribution in [3.8, 4) is 0 Å². The zero-order chi connectivity index (χ0) is 17.5. The minimum Gasteiger partial charge on any atom is -0.459 e. The second-order valence-electron chi connectivity index (χ2n) is 9.53. The molecule has 0 aromatic heterocycles. The fourth-order valence-corrected chi connectivity index (χ4v) is 6.87. The Kier molecular flexibility index (Phi) is 3.34. The van der Waals surface area contributed by atoms with E-state index in [-0.39, 0.29) is 46.4 Å². The molecule has 0 aromatic carbocycles. The van der Waals surface area contributed by atoms with Gasteiger partial charge in [0.15, 0.2) is 0 Å². The van der Waals surface area contributed by atoms with Gasteiger partial charge in [-0.3, -0.25) is 9.59 Å². The van der Waals surface area contributed by atoms with Crippen LogP contribution in [0.25, 0.3) is 0 Å². The van der Waals surface area contributed by atoms with E-state index in [1.165, 1.54) is 0 Å². The molecule has 4 heteroatoms. The number of rotatable bonds is 1. The Hall–Kier alpha value is -0.900. The lowest BCUT2D eigenvalue weighted by atomic mass is 9.45. The summed E-state index contributed by atoms with van der Waals surface area (Å²) in [6.07, 6.45) is 4.03. The van der Waals surface area contributed by atoms with Crippen molar-refractivity contribution < 1.29 is 19.1 Å². The standard InChI is InChI=1S/C20H30O4/c1-6-11-14-15(23-17(11)22)16-19(4)9-8-13(21)18(2,3)12(19)7-10-20(16,5)24-14/h11-12,14-16H,6-10H2,1-5H3/t11-,12-,14-,15+,16+,19-,20+/m0/s1. The van der Waals surface area contributed by atoms with E-state index in [0.717, 1.165) is 25.7 Å². The number of carbonyl (C=O) groups excluding carboxylic acids is 2. The van der Waals surface area contributed by atoms with Crippen molar-refractivity contribution in [1.29, 1.82) is 0 Å². The number of carbonyl (C=O) groups is 2. The molecule has 4 aliphatic rings. The molecule has 2 aliphatic carbocycles. The first-order chi connectivity index (χ1) is 11.1. The number of ether oxygens (including phenoxy) is 2. The monoisotopic (exact) mass is 334 g/mol. The third-order valence-corrected chi connectivity index (χ3v) is 8.02. The number of Topliss-reactive ketones (excluding diaryl/α,β-unsaturated/α-hetero) is 1. The molecule has 7 atom stereocenters. The molecule has 2 saturated carbocycles. The zero-order valence-electron chi connectivity index (χ0n) is 15.6. The van der Waals surface area contributed by atoms with E-state index in [4.69, 9.17) is 9.47 Å². The van der Waals surface area contributed by atoms with Crippen LogP contribution in [-0.2, 0) is 19.1 Å². The molecule has 4 nitrogen and oxygen atoms in total. The Balaban J connectivity index is 1.76. The highest BCUT2D eigenvalue weighted by Crippen LogP contribution is 2.66. The maximum absolute atomic E-state index is 12.5. The van der Waals surface area contributed by atoms with E-state index in [1.807, 2.05) is 6.92 Å². The molecular weight excluding hydrogens is 304 g/mol.